The Balaban J connectivity index is 0.00000441. The van der Waals surface area contributed by atoms with Crippen molar-refractivity contribution < 1.29 is 13.2 Å². The van der Waals surface area contributed by atoms with Crippen LogP contribution in [0.2, 0.25) is 0 Å². The van der Waals surface area contributed by atoms with Gasteiger partial charge in [-0.25, -0.2) is 8.42 Å². The number of hydrogen-bond donors (Lipinski definition) is 2. The van der Waals surface area contributed by atoms with Gasteiger partial charge in [0.1, 0.15) is 0 Å². The summed E-state index contributed by atoms with van der Waals surface area (Å²) in [5.74, 6) is 1.15. The van der Waals surface area contributed by atoms with Crippen LogP contribution in [0.15, 0.2) is 4.99 Å². The molecule has 0 radical (unpaired) electrons. The summed E-state index contributed by atoms with van der Waals surface area (Å²) in [6, 6.07) is -0.0226. The second-order valence-corrected chi connectivity index (χ2v) is 7.62. The first kappa shape index (κ1) is 21.9. The van der Waals surface area contributed by atoms with Crippen molar-refractivity contribution in [3.8, 4) is 0 Å². The summed E-state index contributed by atoms with van der Waals surface area (Å²) >= 11 is 0. The van der Waals surface area contributed by atoms with Gasteiger partial charge in [-0.2, -0.15) is 0 Å². The summed E-state index contributed by atoms with van der Waals surface area (Å²) in [7, 11) is 2.61. The van der Waals surface area contributed by atoms with Crippen LogP contribution in [0, 0.1) is 0 Å². The Labute approximate surface area is 151 Å². The number of nitrogens with one attached hydrogen (secondary N) is 2. The molecular formula is C13H29IN4O3S. The van der Waals surface area contributed by atoms with E-state index >= 15 is 0 Å². The van der Waals surface area contributed by atoms with Gasteiger partial charge in [0.25, 0.3) is 0 Å². The van der Waals surface area contributed by atoms with Crippen molar-refractivity contribution in [3.05, 3.63) is 0 Å². The van der Waals surface area contributed by atoms with Crippen molar-refractivity contribution >= 4 is 39.8 Å². The minimum Gasteiger partial charge on any atom is -0.383 e. The Bertz CT molecular complexity index is 431. The molecule has 0 aliphatic carbocycles. The van der Waals surface area contributed by atoms with Gasteiger partial charge >= 0.3 is 0 Å². The fourth-order valence-corrected chi connectivity index (χ4v) is 3.88. The molecule has 0 spiro atoms. The quantitative estimate of drug-likeness (QED) is 0.234. The molecule has 1 heterocycles. The van der Waals surface area contributed by atoms with E-state index < -0.39 is 9.84 Å². The summed E-state index contributed by atoms with van der Waals surface area (Å²) in [6.45, 7) is 3.44. The maximum Gasteiger partial charge on any atom is 0.191 e. The lowest BCUT2D eigenvalue weighted by Crippen LogP contribution is -2.44. The minimum atomic E-state index is -2.86. The third kappa shape index (κ3) is 9.11. The first-order valence-corrected chi connectivity index (χ1v) is 9.14. The lowest BCUT2D eigenvalue weighted by atomic mass is 10.3. The summed E-state index contributed by atoms with van der Waals surface area (Å²) < 4.78 is 27.9. The first-order chi connectivity index (χ1) is 9.96. The second kappa shape index (κ2) is 11.4. The van der Waals surface area contributed by atoms with Crippen LogP contribution < -0.4 is 10.6 Å². The Kier molecular flexibility index (Phi) is 11.3. The smallest absolute Gasteiger partial charge is 0.191 e. The van der Waals surface area contributed by atoms with E-state index in [9.17, 15) is 8.42 Å². The Morgan fingerprint density at radius 3 is 2.68 bits per heavy atom. The van der Waals surface area contributed by atoms with E-state index in [1.165, 1.54) is 0 Å². The fourth-order valence-electron chi connectivity index (χ4n) is 2.21. The molecule has 132 valence electrons. The number of sulfone groups is 1. The van der Waals surface area contributed by atoms with E-state index in [1.807, 2.05) is 0 Å². The molecule has 1 rings (SSSR count). The Morgan fingerprint density at radius 1 is 1.41 bits per heavy atom. The van der Waals surface area contributed by atoms with Crippen molar-refractivity contribution in [3.63, 3.8) is 0 Å². The average Bonchev–Trinajstić information content (AvgIpc) is 2.78. The lowest BCUT2D eigenvalue weighted by Gasteiger charge is -2.18. The largest absolute Gasteiger partial charge is 0.383 e. The van der Waals surface area contributed by atoms with E-state index in [0.717, 1.165) is 32.7 Å². The predicted molar refractivity (Wildman–Crippen MR) is 101 cm³/mol. The van der Waals surface area contributed by atoms with Gasteiger partial charge in [0.2, 0.25) is 0 Å². The zero-order valence-corrected chi connectivity index (χ0v) is 16.8. The van der Waals surface area contributed by atoms with Crippen molar-refractivity contribution in [1.82, 2.24) is 15.5 Å². The molecule has 1 aliphatic heterocycles. The summed E-state index contributed by atoms with van der Waals surface area (Å²) in [5, 5.41) is 6.39. The fraction of sp³-hybridized carbons (Fsp3) is 0.923. The number of methoxy groups -OCH3 is 1. The molecule has 2 N–H and O–H groups in total. The van der Waals surface area contributed by atoms with Crippen LogP contribution in [0.4, 0.5) is 0 Å². The zero-order valence-electron chi connectivity index (χ0n) is 13.7. The molecule has 0 aromatic carbocycles. The minimum absolute atomic E-state index is 0. The Morgan fingerprint density at radius 2 is 2.14 bits per heavy atom. The van der Waals surface area contributed by atoms with E-state index in [2.05, 4.69) is 27.6 Å². The highest BCUT2D eigenvalue weighted by atomic mass is 127. The van der Waals surface area contributed by atoms with Crippen molar-refractivity contribution in [1.29, 1.82) is 0 Å². The van der Waals surface area contributed by atoms with Gasteiger partial charge in [-0.1, -0.05) is 0 Å². The van der Waals surface area contributed by atoms with E-state index in [0.29, 0.717) is 12.4 Å². The third-order valence-corrected chi connectivity index (χ3v) is 5.25. The number of guanidine groups is 1. The third-order valence-electron chi connectivity index (χ3n) is 3.48. The lowest BCUT2D eigenvalue weighted by molar-refractivity contribution is 0.161. The maximum absolute atomic E-state index is 11.4. The predicted octanol–water partition coefficient (Wildman–Crippen LogP) is -0.0752. The first-order valence-electron chi connectivity index (χ1n) is 7.32. The van der Waals surface area contributed by atoms with Crippen LogP contribution in [0.3, 0.4) is 0 Å². The van der Waals surface area contributed by atoms with Gasteiger partial charge in [0.05, 0.1) is 18.1 Å². The molecular weight excluding hydrogens is 419 g/mol. The number of aliphatic imine (C=N–C) groups is 1. The highest BCUT2D eigenvalue weighted by Gasteiger charge is 2.28. The van der Waals surface area contributed by atoms with Crippen molar-refractivity contribution in [2.45, 2.75) is 18.9 Å². The number of hydrogen-bond acceptors (Lipinski definition) is 5. The van der Waals surface area contributed by atoms with Crippen LogP contribution >= 0.6 is 24.0 Å². The van der Waals surface area contributed by atoms with Crippen LogP contribution in [0.1, 0.15) is 12.8 Å². The molecule has 1 unspecified atom stereocenters. The van der Waals surface area contributed by atoms with Gasteiger partial charge in [-0.05, 0) is 26.4 Å². The molecule has 9 heteroatoms. The van der Waals surface area contributed by atoms with Crippen LogP contribution in [-0.2, 0) is 14.6 Å². The van der Waals surface area contributed by atoms with Gasteiger partial charge in [0, 0.05) is 33.3 Å². The number of rotatable bonds is 8. The van der Waals surface area contributed by atoms with E-state index in [-0.39, 0.29) is 41.5 Å². The monoisotopic (exact) mass is 448 g/mol. The van der Waals surface area contributed by atoms with E-state index in [1.54, 1.807) is 14.2 Å². The highest BCUT2D eigenvalue weighted by Crippen LogP contribution is 2.10. The van der Waals surface area contributed by atoms with Gasteiger partial charge in [-0.15, -0.1) is 24.0 Å². The molecule has 0 aromatic heterocycles. The van der Waals surface area contributed by atoms with Crippen molar-refractivity contribution in [2.24, 2.45) is 4.99 Å². The molecule has 0 amide bonds. The standard InChI is InChI=1S/C13H28N4O3S.HI/c1-14-13(16-12-5-10-21(18,19)11-12)15-6-4-7-17(2)8-9-20-3;/h12H,4-11H2,1-3H3,(H2,14,15,16);1H. The van der Waals surface area contributed by atoms with Crippen molar-refractivity contribution in [2.75, 3.05) is 59.0 Å². The van der Waals surface area contributed by atoms with Gasteiger partial charge in [0.15, 0.2) is 15.8 Å². The normalized spacial score (nSPS) is 20.7. The van der Waals surface area contributed by atoms with Crippen LogP contribution in [0.25, 0.3) is 0 Å². The summed E-state index contributed by atoms with van der Waals surface area (Å²) in [4.78, 5) is 6.34. The van der Waals surface area contributed by atoms with E-state index in [4.69, 9.17) is 4.74 Å². The summed E-state index contributed by atoms with van der Waals surface area (Å²) in [5.41, 5.74) is 0. The zero-order chi connectivity index (χ0) is 15.7. The second-order valence-electron chi connectivity index (χ2n) is 5.39. The summed E-state index contributed by atoms with van der Waals surface area (Å²) in [6.07, 6.45) is 1.65. The number of likely N-dealkylation sites (N-methyl/N-ethyl adjacent to an activating group) is 1. The molecule has 1 saturated heterocycles. The molecule has 7 nitrogen and oxygen atoms in total. The number of nitrogens with zero attached hydrogens (tertiary/aromatic N) is 2. The number of halogens is 1. The van der Waals surface area contributed by atoms with Gasteiger partial charge < -0.3 is 20.3 Å². The molecule has 1 aliphatic rings. The molecule has 1 fully saturated rings. The molecule has 22 heavy (non-hydrogen) atoms. The number of ether oxygens (including phenoxy) is 1. The highest BCUT2D eigenvalue weighted by molar-refractivity contribution is 14.0. The molecule has 0 saturated carbocycles. The SMILES string of the molecule is CN=C(NCCCN(C)CCOC)NC1CCS(=O)(=O)C1.I. The maximum atomic E-state index is 11.4. The Hall–Kier alpha value is -0.130. The molecule has 1 atom stereocenters. The topological polar surface area (TPSA) is 83.0 Å². The average molecular weight is 448 g/mol. The van der Waals surface area contributed by atoms with Gasteiger partial charge in [-0.3, -0.25) is 4.99 Å². The molecule has 0 aromatic rings. The van der Waals surface area contributed by atoms with Crippen LogP contribution in [0.5, 0.6) is 0 Å². The van der Waals surface area contributed by atoms with Crippen LogP contribution in [-0.4, -0.2) is 84.3 Å². The molecule has 0 bridgehead atoms.